The molecule has 0 aliphatic carbocycles. The highest BCUT2D eigenvalue weighted by Gasteiger charge is 2.28. The Labute approximate surface area is 168 Å². The standard InChI is InChI=1S/C19H22N6O3S/c1-13-4-3-11-24(12-13)29(27,28)16-7-5-15(6-8-16)21-18(26)17-22-19-20-10-9-14(2)25(19)23-17/h5-10,13H,3-4,11-12H2,1-2H3,(H,21,26)/t13-/m0/s1. The van der Waals surface area contributed by atoms with Crippen molar-refractivity contribution in [3.05, 3.63) is 48.0 Å². The molecule has 1 aliphatic heterocycles. The van der Waals surface area contributed by atoms with E-state index in [1.807, 2.05) is 6.92 Å². The lowest BCUT2D eigenvalue weighted by atomic mass is 10.0. The first-order valence-corrected chi connectivity index (χ1v) is 10.9. The highest BCUT2D eigenvalue weighted by atomic mass is 32.2. The molecule has 1 N–H and O–H groups in total. The summed E-state index contributed by atoms with van der Waals surface area (Å²) in [5, 5.41) is 6.85. The molecule has 2 aromatic heterocycles. The number of anilines is 1. The second-order valence-corrected chi connectivity index (χ2v) is 9.26. The number of aryl methyl sites for hydroxylation is 1. The van der Waals surface area contributed by atoms with Gasteiger partial charge < -0.3 is 5.32 Å². The number of nitrogens with zero attached hydrogens (tertiary/aromatic N) is 5. The lowest BCUT2D eigenvalue weighted by Crippen LogP contribution is -2.39. The Hall–Kier alpha value is -2.85. The van der Waals surface area contributed by atoms with E-state index < -0.39 is 15.9 Å². The number of piperidine rings is 1. The van der Waals surface area contributed by atoms with Crippen molar-refractivity contribution < 1.29 is 13.2 Å². The van der Waals surface area contributed by atoms with Gasteiger partial charge in [0.15, 0.2) is 0 Å². The third-order valence-corrected chi connectivity index (χ3v) is 6.88. The van der Waals surface area contributed by atoms with Crippen LogP contribution in [0.25, 0.3) is 5.78 Å². The van der Waals surface area contributed by atoms with Crippen molar-refractivity contribution in [1.29, 1.82) is 0 Å². The van der Waals surface area contributed by atoms with Crippen LogP contribution in [0.2, 0.25) is 0 Å². The van der Waals surface area contributed by atoms with Gasteiger partial charge in [-0.1, -0.05) is 6.92 Å². The third-order valence-electron chi connectivity index (χ3n) is 5.00. The zero-order valence-corrected chi connectivity index (χ0v) is 17.1. The minimum absolute atomic E-state index is 0.00852. The quantitative estimate of drug-likeness (QED) is 0.700. The lowest BCUT2D eigenvalue weighted by Gasteiger charge is -2.30. The van der Waals surface area contributed by atoms with E-state index in [9.17, 15) is 13.2 Å². The molecule has 0 saturated carbocycles. The summed E-state index contributed by atoms with van der Waals surface area (Å²) >= 11 is 0. The molecule has 0 bridgehead atoms. The number of benzene rings is 1. The lowest BCUT2D eigenvalue weighted by molar-refractivity contribution is 0.101. The molecule has 1 aliphatic rings. The molecule has 1 fully saturated rings. The van der Waals surface area contributed by atoms with E-state index in [0.29, 0.717) is 30.5 Å². The first-order valence-electron chi connectivity index (χ1n) is 9.44. The van der Waals surface area contributed by atoms with Crippen LogP contribution < -0.4 is 5.32 Å². The van der Waals surface area contributed by atoms with Crippen molar-refractivity contribution in [2.45, 2.75) is 31.6 Å². The van der Waals surface area contributed by atoms with Gasteiger partial charge in [-0.15, -0.1) is 5.10 Å². The summed E-state index contributed by atoms with van der Waals surface area (Å²) in [6.45, 7) is 4.98. The van der Waals surface area contributed by atoms with E-state index in [1.54, 1.807) is 24.4 Å². The van der Waals surface area contributed by atoms with E-state index in [-0.39, 0.29) is 10.7 Å². The topological polar surface area (TPSA) is 110 Å². The molecule has 3 heterocycles. The molecule has 1 saturated heterocycles. The average molecular weight is 414 g/mol. The van der Waals surface area contributed by atoms with Gasteiger partial charge in [-0.25, -0.2) is 17.9 Å². The van der Waals surface area contributed by atoms with Crippen molar-refractivity contribution in [2.24, 2.45) is 5.92 Å². The first-order chi connectivity index (χ1) is 13.8. The minimum atomic E-state index is -3.53. The molecule has 9 nitrogen and oxygen atoms in total. The maximum Gasteiger partial charge on any atom is 0.295 e. The molecule has 152 valence electrons. The first kappa shape index (κ1) is 19.5. The number of amides is 1. The fourth-order valence-corrected chi connectivity index (χ4v) is 5.01. The molecule has 1 atom stereocenters. The molecule has 0 unspecified atom stereocenters. The van der Waals surface area contributed by atoms with Gasteiger partial charge in [0.2, 0.25) is 15.8 Å². The van der Waals surface area contributed by atoms with Gasteiger partial charge in [0.1, 0.15) is 0 Å². The maximum atomic E-state index is 12.8. The van der Waals surface area contributed by atoms with Crippen LogP contribution in [-0.2, 0) is 10.0 Å². The number of hydrogen-bond donors (Lipinski definition) is 1. The number of carbonyl (C=O) groups excluding carboxylic acids is 1. The molecule has 10 heteroatoms. The van der Waals surface area contributed by atoms with Crippen LogP contribution in [-0.4, -0.2) is 51.3 Å². The van der Waals surface area contributed by atoms with Crippen LogP contribution in [0.15, 0.2) is 41.4 Å². The van der Waals surface area contributed by atoms with Crippen molar-refractivity contribution in [3.8, 4) is 0 Å². The van der Waals surface area contributed by atoms with E-state index >= 15 is 0 Å². The number of nitrogens with one attached hydrogen (secondary N) is 1. The molecule has 0 spiro atoms. The molecule has 29 heavy (non-hydrogen) atoms. The smallest absolute Gasteiger partial charge is 0.295 e. The summed E-state index contributed by atoms with van der Waals surface area (Å²) in [7, 11) is -3.53. The van der Waals surface area contributed by atoms with Crippen molar-refractivity contribution in [2.75, 3.05) is 18.4 Å². The summed E-state index contributed by atoms with van der Waals surface area (Å²) in [4.78, 5) is 20.9. The van der Waals surface area contributed by atoms with Gasteiger partial charge in [0, 0.05) is 30.7 Å². The Morgan fingerprint density at radius 2 is 1.97 bits per heavy atom. The summed E-state index contributed by atoms with van der Waals surface area (Å²) in [6, 6.07) is 7.92. The van der Waals surface area contributed by atoms with E-state index in [0.717, 1.165) is 18.5 Å². The number of fused-ring (bicyclic) bond motifs is 1. The van der Waals surface area contributed by atoms with Crippen LogP contribution >= 0.6 is 0 Å². The fraction of sp³-hybridized carbons (Fsp3) is 0.368. The highest BCUT2D eigenvalue weighted by Crippen LogP contribution is 2.24. The second-order valence-electron chi connectivity index (χ2n) is 7.32. The number of sulfonamides is 1. The average Bonchev–Trinajstić information content (AvgIpc) is 3.14. The third kappa shape index (κ3) is 3.85. The summed E-state index contributed by atoms with van der Waals surface area (Å²) in [5.41, 5.74) is 1.27. The molecule has 0 radical (unpaired) electrons. The van der Waals surface area contributed by atoms with Gasteiger partial charge >= 0.3 is 0 Å². The number of aromatic nitrogens is 4. The minimum Gasteiger partial charge on any atom is -0.319 e. The predicted octanol–water partition coefficient (Wildman–Crippen LogP) is 2.11. The van der Waals surface area contributed by atoms with Crippen molar-refractivity contribution >= 4 is 27.4 Å². The molecule has 1 amide bonds. The van der Waals surface area contributed by atoms with Crippen LogP contribution in [0.5, 0.6) is 0 Å². The van der Waals surface area contributed by atoms with Crippen molar-refractivity contribution in [3.63, 3.8) is 0 Å². The Morgan fingerprint density at radius 1 is 1.21 bits per heavy atom. The molecule has 4 rings (SSSR count). The Morgan fingerprint density at radius 3 is 2.66 bits per heavy atom. The number of hydrogen-bond acceptors (Lipinski definition) is 6. The molecule has 1 aromatic carbocycles. The maximum absolute atomic E-state index is 12.8. The summed E-state index contributed by atoms with van der Waals surface area (Å²) < 4.78 is 28.7. The normalized spacial score (nSPS) is 18.1. The van der Waals surface area contributed by atoms with Gasteiger partial charge in [0.25, 0.3) is 11.7 Å². The van der Waals surface area contributed by atoms with Gasteiger partial charge in [0.05, 0.1) is 4.90 Å². The largest absolute Gasteiger partial charge is 0.319 e. The number of rotatable bonds is 4. The number of carbonyl (C=O) groups is 1. The zero-order chi connectivity index (χ0) is 20.6. The van der Waals surface area contributed by atoms with Crippen LogP contribution in [0.4, 0.5) is 5.69 Å². The Kier molecular flexibility index (Phi) is 5.05. The van der Waals surface area contributed by atoms with Crippen molar-refractivity contribution in [1.82, 2.24) is 23.9 Å². The second kappa shape index (κ2) is 7.53. The van der Waals surface area contributed by atoms with Crippen LogP contribution in [0.1, 0.15) is 36.1 Å². The highest BCUT2D eigenvalue weighted by molar-refractivity contribution is 7.89. The Balaban J connectivity index is 1.50. The van der Waals surface area contributed by atoms with E-state index in [4.69, 9.17) is 0 Å². The zero-order valence-electron chi connectivity index (χ0n) is 16.2. The fourth-order valence-electron chi connectivity index (χ4n) is 3.41. The molecular formula is C19H22N6O3S. The Bertz CT molecular complexity index is 1160. The van der Waals surface area contributed by atoms with Crippen LogP contribution in [0, 0.1) is 12.8 Å². The van der Waals surface area contributed by atoms with Gasteiger partial charge in [-0.3, -0.25) is 4.79 Å². The van der Waals surface area contributed by atoms with E-state index in [2.05, 4.69) is 27.3 Å². The van der Waals surface area contributed by atoms with Gasteiger partial charge in [-0.2, -0.15) is 9.29 Å². The summed E-state index contributed by atoms with van der Waals surface area (Å²) in [6.07, 6.45) is 3.52. The predicted molar refractivity (Wildman–Crippen MR) is 107 cm³/mol. The molecular weight excluding hydrogens is 392 g/mol. The van der Waals surface area contributed by atoms with E-state index in [1.165, 1.54) is 21.0 Å². The monoisotopic (exact) mass is 414 g/mol. The van der Waals surface area contributed by atoms with Gasteiger partial charge in [-0.05, 0) is 56.0 Å². The summed E-state index contributed by atoms with van der Waals surface area (Å²) in [5.74, 6) is 0.196. The SMILES string of the molecule is Cc1ccnc2nc(C(=O)Nc3ccc(S(=O)(=O)N4CCC[C@H](C)C4)cc3)nn12. The molecule has 3 aromatic rings. The van der Waals surface area contributed by atoms with Crippen LogP contribution in [0.3, 0.4) is 0 Å².